The van der Waals surface area contributed by atoms with Crippen LogP contribution in [0.1, 0.15) is 23.8 Å². The molecular weight excluding hydrogens is 154 g/mol. The molecule has 0 radical (unpaired) electrons. The molecule has 1 rings (SSSR count). The fourth-order valence-corrected chi connectivity index (χ4v) is 1.13. The minimum absolute atomic E-state index is 0.00446. The predicted octanol–water partition coefficient (Wildman–Crippen LogP) is 0.806. The van der Waals surface area contributed by atoms with E-state index < -0.39 is 6.10 Å². The van der Waals surface area contributed by atoms with Gasteiger partial charge in [-0.2, -0.15) is 0 Å². The van der Waals surface area contributed by atoms with Crippen LogP contribution in [0.4, 0.5) is 0 Å². The Balaban J connectivity index is 2.79. The van der Waals surface area contributed by atoms with Crippen LogP contribution in [-0.4, -0.2) is 21.8 Å². The standard InChI is InChI=1S/C9H13NO2/c1-7-8(3-2-5-10-7)9(12)4-6-11/h2-3,5,9,11-12H,4,6H2,1H3. The molecule has 12 heavy (non-hydrogen) atoms. The number of aryl methyl sites for hydroxylation is 1. The molecule has 0 bridgehead atoms. The van der Waals surface area contributed by atoms with Crippen LogP contribution in [0.3, 0.4) is 0 Å². The van der Waals surface area contributed by atoms with Gasteiger partial charge in [0.25, 0.3) is 0 Å². The SMILES string of the molecule is Cc1ncccc1C(O)CCO. The Labute approximate surface area is 71.7 Å². The van der Waals surface area contributed by atoms with Crippen LogP contribution in [0.15, 0.2) is 18.3 Å². The molecule has 1 aromatic heterocycles. The average Bonchev–Trinajstić information content (AvgIpc) is 2.05. The number of rotatable bonds is 3. The minimum atomic E-state index is -0.594. The third kappa shape index (κ3) is 2.03. The van der Waals surface area contributed by atoms with Crippen LogP contribution >= 0.6 is 0 Å². The van der Waals surface area contributed by atoms with Crippen molar-refractivity contribution >= 4 is 0 Å². The molecule has 3 heteroatoms. The second-order valence-corrected chi connectivity index (χ2v) is 2.71. The smallest absolute Gasteiger partial charge is 0.0829 e. The molecule has 0 spiro atoms. The van der Waals surface area contributed by atoms with Crippen LogP contribution in [-0.2, 0) is 0 Å². The van der Waals surface area contributed by atoms with E-state index in [4.69, 9.17) is 5.11 Å². The van der Waals surface area contributed by atoms with E-state index in [0.29, 0.717) is 6.42 Å². The average molecular weight is 167 g/mol. The van der Waals surface area contributed by atoms with Crippen LogP contribution in [0, 0.1) is 6.92 Å². The highest BCUT2D eigenvalue weighted by molar-refractivity contribution is 5.20. The van der Waals surface area contributed by atoms with E-state index in [1.165, 1.54) is 0 Å². The number of aliphatic hydroxyl groups excluding tert-OH is 2. The van der Waals surface area contributed by atoms with E-state index in [1.807, 2.05) is 13.0 Å². The zero-order chi connectivity index (χ0) is 8.97. The zero-order valence-electron chi connectivity index (χ0n) is 7.07. The molecule has 0 saturated heterocycles. The highest BCUT2D eigenvalue weighted by Crippen LogP contribution is 2.17. The van der Waals surface area contributed by atoms with Gasteiger partial charge in [0.1, 0.15) is 0 Å². The van der Waals surface area contributed by atoms with Gasteiger partial charge < -0.3 is 10.2 Å². The van der Waals surface area contributed by atoms with E-state index in [0.717, 1.165) is 11.3 Å². The lowest BCUT2D eigenvalue weighted by Gasteiger charge is -2.10. The van der Waals surface area contributed by atoms with E-state index in [-0.39, 0.29) is 6.61 Å². The van der Waals surface area contributed by atoms with Crippen molar-refractivity contribution in [1.29, 1.82) is 0 Å². The van der Waals surface area contributed by atoms with Gasteiger partial charge in [0.2, 0.25) is 0 Å². The summed E-state index contributed by atoms with van der Waals surface area (Å²) in [5.74, 6) is 0. The largest absolute Gasteiger partial charge is 0.396 e. The molecule has 2 N–H and O–H groups in total. The van der Waals surface area contributed by atoms with Crippen molar-refractivity contribution in [2.75, 3.05) is 6.61 Å². The van der Waals surface area contributed by atoms with Gasteiger partial charge >= 0.3 is 0 Å². The maximum absolute atomic E-state index is 9.50. The molecule has 0 aliphatic heterocycles. The summed E-state index contributed by atoms with van der Waals surface area (Å²) < 4.78 is 0. The molecule has 1 unspecified atom stereocenters. The van der Waals surface area contributed by atoms with Gasteiger partial charge in [-0.15, -0.1) is 0 Å². The van der Waals surface area contributed by atoms with Crippen molar-refractivity contribution in [3.05, 3.63) is 29.6 Å². The first-order valence-electron chi connectivity index (χ1n) is 3.96. The molecule has 1 atom stereocenters. The number of nitrogens with zero attached hydrogens (tertiary/aromatic N) is 1. The quantitative estimate of drug-likeness (QED) is 0.700. The lowest BCUT2D eigenvalue weighted by molar-refractivity contribution is 0.133. The summed E-state index contributed by atoms with van der Waals surface area (Å²) in [6.07, 6.45) is 1.46. The summed E-state index contributed by atoms with van der Waals surface area (Å²) >= 11 is 0. The minimum Gasteiger partial charge on any atom is -0.396 e. The van der Waals surface area contributed by atoms with Gasteiger partial charge in [0.05, 0.1) is 6.10 Å². The van der Waals surface area contributed by atoms with Crippen molar-refractivity contribution in [2.45, 2.75) is 19.4 Å². The second-order valence-electron chi connectivity index (χ2n) is 2.71. The molecule has 66 valence electrons. The lowest BCUT2D eigenvalue weighted by Crippen LogP contribution is -2.03. The third-order valence-corrected chi connectivity index (χ3v) is 1.81. The van der Waals surface area contributed by atoms with Crippen LogP contribution < -0.4 is 0 Å². The maximum atomic E-state index is 9.50. The first-order valence-corrected chi connectivity index (χ1v) is 3.96. The van der Waals surface area contributed by atoms with Crippen LogP contribution in [0.5, 0.6) is 0 Å². The number of aliphatic hydroxyl groups is 2. The van der Waals surface area contributed by atoms with Crippen LogP contribution in [0.25, 0.3) is 0 Å². The first kappa shape index (κ1) is 9.16. The molecule has 1 heterocycles. The van der Waals surface area contributed by atoms with Gasteiger partial charge in [-0.05, 0) is 13.0 Å². The fourth-order valence-electron chi connectivity index (χ4n) is 1.13. The molecule has 3 nitrogen and oxygen atoms in total. The molecule has 0 saturated carbocycles. The second kappa shape index (κ2) is 4.18. The molecule has 0 aliphatic rings. The molecule has 0 aromatic carbocycles. The number of hydrogen-bond donors (Lipinski definition) is 2. The first-order chi connectivity index (χ1) is 5.75. The van der Waals surface area contributed by atoms with Gasteiger partial charge in [-0.25, -0.2) is 0 Å². The summed E-state index contributed by atoms with van der Waals surface area (Å²) in [6.45, 7) is 1.84. The normalized spacial score (nSPS) is 12.9. The van der Waals surface area contributed by atoms with E-state index in [9.17, 15) is 5.11 Å². The Morgan fingerprint density at radius 2 is 2.33 bits per heavy atom. The maximum Gasteiger partial charge on any atom is 0.0829 e. The highest BCUT2D eigenvalue weighted by atomic mass is 16.3. The summed E-state index contributed by atoms with van der Waals surface area (Å²) in [5, 5.41) is 18.1. The van der Waals surface area contributed by atoms with Crippen molar-refractivity contribution in [3.8, 4) is 0 Å². The lowest BCUT2D eigenvalue weighted by atomic mass is 10.1. The Morgan fingerprint density at radius 3 is 2.92 bits per heavy atom. The van der Waals surface area contributed by atoms with Crippen molar-refractivity contribution in [2.24, 2.45) is 0 Å². The monoisotopic (exact) mass is 167 g/mol. The van der Waals surface area contributed by atoms with Gasteiger partial charge in [-0.3, -0.25) is 4.98 Å². The Morgan fingerprint density at radius 1 is 1.58 bits per heavy atom. The van der Waals surface area contributed by atoms with E-state index in [2.05, 4.69) is 4.98 Å². The summed E-state index contributed by atoms with van der Waals surface area (Å²) in [4.78, 5) is 4.04. The summed E-state index contributed by atoms with van der Waals surface area (Å²) in [6, 6.07) is 3.60. The molecule has 0 fully saturated rings. The van der Waals surface area contributed by atoms with Crippen molar-refractivity contribution in [1.82, 2.24) is 4.98 Å². The van der Waals surface area contributed by atoms with E-state index in [1.54, 1.807) is 12.3 Å². The van der Waals surface area contributed by atoms with Crippen LogP contribution in [0.2, 0.25) is 0 Å². The third-order valence-electron chi connectivity index (χ3n) is 1.81. The van der Waals surface area contributed by atoms with Crippen molar-refractivity contribution < 1.29 is 10.2 Å². The molecular formula is C9H13NO2. The van der Waals surface area contributed by atoms with Gasteiger partial charge in [0.15, 0.2) is 0 Å². The van der Waals surface area contributed by atoms with Crippen molar-refractivity contribution in [3.63, 3.8) is 0 Å². The Hall–Kier alpha value is -0.930. The van der Waals surface area contributed by atoms with Gasteiger partial charge in [-0.1, -0.05) is 6.07 Å². The number of pyridine rings is 1. The molecule has 0 aliphatic carbocycles. The van der Waals surface area contributed by atoms with E-state index >= 15 is 0 Å². The Kier molecular flexibility index (Phi) is 3.19. The summed E-state index contributed by atoms with van der Waals surface area (Å²) in [5.41, 5.74) is 1.62. The highest BCUT2D eigenvalue weighted by Gasteiger charge is 2.08. The fraction of sp³-hybridized carbons (Fsp3) is 0.444. The topological polar surface area (TPSA) is 53.4 Å². The zero-order valence-corrected chi connectivity index (χ0v) is 7.07. The number of aromatic nitrogens is 1. The predicted molar refractivity (Wildman–Crippen MR) is 45.6 cm³/mol. The Bertz CT molecular complexity index is 250. The van der Waals surface area contributed by atoms with Gasteiger partial charge in [0, 0.05) is 30.5 Å². The summed E-state index contributed by atoms with van der Waals surface area (Å²) in [7, 11) is 0. The molecule has 0 amide bonds. The molecule has 1 aromatic rings. The number of hydrogen-bond acceptors (Lipinski definition) is 3.